The highest BCUT2D eigenvalue weighted by Crippen LogP contribution is 2.08. The molecule has 0 radical (unpaired) electrons. The quantitative estimate of drug-likeness (QED) is 0.527. The molecular weight excluding hydrogens is 139 g/mol. The van der Waals surface area contributed by atoms with Gasteiger partial charge in [-0.15, -0.1) is 0 Å². The lowest BCUT2D eigenvalue weighted by molar-refractivity contribution is 0.640. The van der Waals surface area contributed by atoms with Crippen LogP contribution < -0.4 is 0 Å². The highest BCUT2D eigenvalue weighted by molar-refractivity contribution is 6.31. The molecule has 0 aromatic rings. The Morgan fingerprint density at radius 3 is 2.56 bits per heavy atom. The molecule has 0 aliphatic heterocycles. The molecule has 0 aliphatic carbocycles. The Kier molecular flexibility index (Phi) is 4.41. The Balaban J connectivity index is 3.90. The standard InChI is InChI=1S/C7H10ClF/c1-3-4-7(8)5-6(2)9/h4-5H,3H2,1-2H3. The fraction of sp³-hybridized carbons (Fsp3) is 0.429. The monoisotopic (exact) mass is 148 g/mol. The average Bonchev–Trinajstić information content (AvgIpc) is 1.63. The lowest BCUT2D eigenvalue weighted by Crippen LogP contribution is -1.65. The first-order chi connectivity index (χ1) is 4.16. The molecule has 52 valence electrons. The van der Waals surface area contributed by atoms with E-state index >= 15 is 0 Å². The summed E-state index contributed by atoms with van der Waals surface area (Å²) in [7, 11) is 0. The molecule has 0 aromatic carbocycles. The van der Waals surface area contributed by atoms with Crippen molar-refractivity contribution in [2.24, 2.45) is 0 Å². The van der Waals surface area contributed by atoms with Crippen molar-refractivity contribution in [3.05, 3.63) is 23.0 Å². The molecule has 2 heteroatoms. The molecule has 0 saturated heterocycles. The minimum atomic E-state index is -0.260. The van der Waals surface area contributed by atoms with Gasteiger partial charge in [0.1, 0.15) is 0 Å². The van der Waals surface area contributed by atoms with Gasteiger partial charge < -0.3 is 0 Å². The number of allylic oxidation sites excluding steroid dienone is 4. The van der Waals surface area contributed by atoms with Crippen LogP contribution in [0.2, 0.25) is 0 Å². The average molecular weight is 149 g/mol. The summed E-state index contributed by atoms with van der Waals surface area (Å²) >= 11 is 5.52. The smallest absolute Gasteiger partial charge is 0.0983 e. The van der Waals surface area contributed by atoms with Gasteiger partial charge in [0.05, 0.1) is 5.83 Å². The molecule has 0 bridgehead atoms. The van der Waals surface area contributed by atoms with Gasteiger partial charge in [-0.05, 0) is 19.4 Å². The molecule has 0 fully saturated rings. The largest absolute Gasteiger partial charge is 0.212 e. The minimum absolute atomic E-state index is 0.260. The summed E-state index contributed by atoms with van der Waals surface area (Å²) in [5.41, 5.74) is 0. The van der Waals surface area contributed by atoms with Crippen LogP contribution in [-0.4, -0.2) is 0 Å². The van der Waals surface area contributed by atoms with E-state index in [-0.39, 0.29) is 5.83 Å². The fourth-order valence-electron chi connectivity index (χ4n) is 0.444. The van der Waals surface area contributed by atoms with E-state index in [1.165, 1.54) is 13.0 Å². The first-order valence-corrected chi connectivity index (χ1v) is 3.24. The van der Waals surface area contributed by atoms with Crippen LogP contribution in [0.5, 0.6) is 0 Å². The van der Waals surface area contributed by atoms with E-state index in [0.717, 1.165) is 6.42 Å². The van der Waals surface area contributed by atoms with Crippen molar-refractivity contribution in [3.63, 3.8) is 0 Å². The minimum Gasteiger partial charge on any atom is -0.212 e. The van der Waals surface area contributed by atoms with Gasteiger partial charge in [-0.3, -0.25) is 0 Å². The molecule has 9 heavy (non-hydrogen) atoms. The summed E-state index contributed by atoms with van der Waals surface area (Å²) in [6.07, 6.45) is 3.89. The van der Waals surface area contributed by atoms with Crippen LogP contribution >= 0.6 is 11.6 Å². The molecular formula is C7H10ClF. The van der Waals surface area contributed by atoms with E-state index in [4.69, 9.17) is 11.6 Å². The summed E-state index contributed by atoms with van der Waals surface area (Å²) in [4.78, 5) is 0. The van der Waals surface area contributed by atoms with Crippen molar-refractivity contribution in [1.29, 1.82) is 0 Å². The van der Waals surface area contributed by atoms with E-state index in [0.29, 0.717) is 5.03 Å². The van der Waals surface area contributed by atoms with Crippen LogP contribution in [0.15, 0.2) is 23.0 Å². The van der Waals surface area contributed by atoms with Crippen LogP contribution in [0.25, 0.3) is 0 Å². The first-order valence-electron chi connectivity index (χ1n) is 2.86. The second kappa shape index (κ2) is 4.57. The van der Waals surface area contributed by atoms with Crippen LogP contribution in [0, 0.1) is 0 Å². The SMILES string of the molecule is CCC=C(Cl)C=C(C)F. The Labute approximate surface area is 60.0 Å². The van der Waals surface area contributed by atoms with Crippen LogP contribution in [0.3, 0.4) is 0 Å². The van der Waals surface area contributed by atoms with Gasteiger partial charge in [0, 0.05) is 5.03 Å². The summed E-state index contributed by atoms with van der Waals surface area (Å²) in [6, 6.07) is 0. The predicted molar refractivity (Wildman–Crippen MR) is 39.1 cm³/mol. The predicted octanol–water partition coefficient (Wildman–Crippen LogP) is 3.39. The van der Waals surface area contributed by atoms with Gasteiger partial charge in [-0.2, -0.15) is 0 Å². The van der Waals surface area contributed by atoms with E-state index in [1.807, 2.05) is 6.92 Å². The second-order valence-electron chi connectivity index (χ2n) is 1.73. The van der Waals surface area contributed by atoms with Crippen molar-refractivity contribution in [1.82, 2.24) is 0 Å². The highest BCUT2D eigenvalue weighted by atomic mass is 35.5. The summed E-state index contributed by atoms with van der Waals surface area (Å²) in [6.45, 7) is 3.32. The lowest BCUT2D eigenvalue weighted by Gasteiger charge is -1.85. The molecule has 0 spiro atoms. The second-order valence-corrected chi connectivity index (χ2v) is 2.16. The maximum Gasteiger partial charge on any atom is 0.0983 e. The van der Waals surface area contributed by atoms with Crippen LogP contribution in [0.4, 0.5) is 4.39 Å². The van der Waals surface area contributed by atoms with E-state index in [9.17, 15) is 4.39 Å². The van der Waals surface area contributed by atoms with Crippen LogP contribution in [0.1, 0.15) is 20.3 Å². The van der Waals surface area contributed by atoms with Crippen molar-refractivity contribution in [3.8, 4) is 0 Å². The Hall–Kier alpha value is -0.300. The van der Waals surface area contributed by atoms with Crippen molar-refractivity contribution >= 4 is 11.6 Å². The highest BCUT2D eigenvalue weighted by Gasteiger charge is 1.85. The summed E-state index contributed by atoms with van der Waals surface area (Å²) in [5.74, 6) is -0.260. The Morgan fingerprint density at radius 2 is 2.22 bits per heavy atom. The molecule has 0 amide bonds. The molecule has 0 heterocycles. The van der Waals surface area contributed by atoms with Gasteiger partial charge in [0.25, 0.3) is 0 Å². The molecule has 0 nitrogen and oxygen atoms in total. The zero-order valence-electron chi connectivity index (χ0n) is 5.62. The zero-order chi connectivity index (χ0) is 7.28. The van der Waals surface area contributed by atoms with Gasteiger partial charge in [-0.1, -0.05) is 24.6 Å². The molecule has 0 rings (SSSR count). The normalized spacial score (nSPS) is 14.2. The van der Waals surface area contributed by atoms with Crippen molar-refractivity contribution in [2.45, 2.75) is 20.3 Å². The number of rotatable bonds is 2. The van der Waals surface area contributed by atoms with E-state index in [1.54, 1.807) is 6.08 Å². The lowest BCUT2D eigenvalue weighted by atomic mass is 10.4. The third kappa shape index (κ3) is 5.57. The molecule has 0 aromatic heterocycles. The summed E-state index contributed by atoms with van der Waals surface area (Å²) < 4.78 is 12.0. The van der Waals surface area contributed by atoms with Crippen molar-refractivity contribution < 1.29 is 4.39 Å². The molecule has 0 saturated carbocycles. The Morgan fingerprint density at radius 1 is 1.67 bits per heavy atom. The van der Waals surface area contributed by atoms with Gasteiger partial charge in [0.15, 0.2) is 0 Å². The number of halogens is 2. The molecule has 0 atom stereocenters. The topological polar surface area (TPSA) is 0 Å². The molecule has 0 N–H and O–H groups in total. The van der Waals surface area contributed by atoms with Crippen LogP contribution in [-0.2, 0) is 0 Å². The fourth-order valence-corrected chi connectivity index (χ4v) is 0.749. The zero-order valence-corrected chi connectivity index (χ0v) is 6.37. The molecule has 0 unspecified atom stereocenters. The van der Waals surface area contributed by atoms with E-state index < -0.39 is 0 Å². The van der Waals surface area contributed by atoms with Crippen molar-refractivity contribution in [2.75, 3.05) is 0 Å². The number of hydrogen-bond acceptors (Lipinski definition) is 0. The van der Waals surface area contributed by atoms with Gasteiger partial charge in [-0.25, -0.2) is 4.39 Å². The van der Waals surface area contributed by atoms with Gasteiger partial charge >= 0.3 is 0 Å². The summed E-state index contributed by atoms with van der Waals surface area (Å²) in [5, 5.41) is 0.470. The molecule has 0 aliphatic rings. The maximum absolute atomic E-state index is 12.0. The van der Waals surface area contributed by atoms with E-state index in [2.05, 4.69) is 0 Å². The third-order valence-corrected chi connectivity index (χ3v) is 0.999. The Bertz CT molecular complexity index is 132. The number of hydrogen-bond donors (Lipinski definition) is 0. The maximum atomic E-state index is 12.0. The first kappa shape index (κ1) is 8.70. The third-order valence-electron chi connectivity index (χ3n) is 0.736. The van der Waals surface area contributed by atoms with Gasteiger partial charge in [0.2, 0.25) is 0 Å².